The zero-order valence-electron chi connectivity index (χ0n) is 20.2. The fraction of sp³-hybridized carbons (Fsp3) is 0.407. The number of nitrogens with zero attached hydrogens (tertiary/aromatic N) is 2. The summed E-state index contributed by atoms with van der Waals surface area (Å²) in [4.78, 5) is 34.4. The molecule has 2 aliphatic rings. The molecule has 2 aromatic carbocycles. The van der Waals surface area contributed by atoms with Gasteiger partial charge in [-0.3, -0.25) is 9.59 Å². The lowest BCUT2D eigenvalue weighted by Gasteiger charge is -2.51. The van der Waals surface area contributed by atoms with Crippen molar-refractivity contribution in [1.82, 2.24) is 14.8 Å². The van der Waals surface area contributed by atoms with E-state index in [1.54, 1.807) is 24.0 Å². The highest BCUT2D eigenvalue weighted by Crippen LogP contribution is 2.50. The van der Waals surface area contributed by atoms with Crippen LogP contribution in [0.1, 0.15) is 49.4 Å². The number of carbonyl (C=O) groups excluding carboxylic acids is 2. The quantitative estimate of drug-likeness (QED) is 0.602. The highest BCUT2D eigenvalue weighted by molar-refractivity contribution is 6.01. The Morgan fingerprint density at radius 2 is 1.88 bits per heavy atom. The normalized spacial score (nSPS) is 22.1. The summed E-state index contributed by atoms with van der Waals surface area (Å²) in [7, 11) is 3.25. The number of hydrogen-bond acceptors (Lipinski definition) is 4. The number of nitrogens with one attached hydrogen (secondary N) is 1. The van der Waals surface area contributed by atoms with Gasteiger partial charge in [0.05, 0.1) is 26.5 Å². The van der Waals surface area contributed by atoms with Gasteiger partial charge in [-0.25, -0.2) is 0 Å². The Balaban J connectivity index is 1.75. The van der Waals surface area contributed by atoms with Crippen LogP contribution >= 0.6 is 0 Å². The van der Waals surface area contributed by atoms with Crippen LogP contribution in [0.5, 0.6) is 11.5 Å². The SMILES string of the molecule is CCCCN1CC(=O)N2C[C@H](c3cccc(OC)c3OC)c3c([nH]c4ccccc34)[C@@]2(C)C1=O. The van der Waals surface area contributed by atoms with Crippen molar-refractivity contribution in [3.8, 4) is 11.5 Å². The van der Waals surface area contributed by atoms with Crippen LogP contribution in [0.2, 0.25) is 0 Å². The highest BCUT2D eigenvalue weighted by Gasteiger charge is 2.56. The van der Waals surface area contributed by atoms with E-state index in [-0.39, 0.29) is 24.3 Å². The Labute approximate surface area is 199 Å². The van der Waals surface area contributed by atoms with Crippen LogP contribution in [-0.4, -0.2) is 60.5 Å². The number of ether oxygens (including phenoxy) is 2. The fourth-order valence-electron chi connectivity index (χ4n) is 5.67. The average Bonchev–Trinajstić information content (AvgIpc) is 3.26. The van der Waals surface area contributed by atoms with Gasteiger partial charge in [0, 0.05) is 35.5 Å². The number of amides is 2. The maximum Gasteiger partial charge on any atom is 0.254 e. The maximum absolute atomic E-state index is 13.9. The smallest absolute Gasteiger partial charge is 0.254 e. The van der Waals surface area contributed by atoms with Crippen molar-refractivity contribution in [1.29, 1.82) is 0 Å². The molecule has 3 heterocycles. The molecule has 2 amide bonds. The Morgan fingerprint density at radius 3 is 2.62 bits per heavy atom. The molecule has 0 spiro atoms. The van der Waals surface area contributed by atoms with Gasteiger partial charge < -0.3 is 24.3 Å². The molecule has 0 aliphatic carbocycles. The summed E-state index contributed by atoms with van der Waals surface area (Å²) >= 11 is 0. The minimum Gasteiger partial charge on any atom is -0.493 e. The molecule has 3 aromatic rings. The van der Waals surface area contributed by atoms with E-state index in [2.05, 4.69) is 18.0 Å². The first kappa shape index (κ1) is 22.3. The molecule has 1 aromatic heterocycles. The largest absolute Gasteiger partial charge is 0.493 e. The minimum absolute atomic E-state index is 0.0237. The van der Waals surface area contributed by atoms with Gasteiger partial charge in [0.1, 0.15) is 0 Å². The number of methoxy groups -OCH3 is 2. The van der Waals surface area contributed by atoms with Crippen LogP contribution in [0.25, 0.3) is 10.9 Å². The standard InChI is InChI=1S/C27H31N3O4/c1-5-6-14-29-16-22(31)30-15-19(17-11-9-13-21(33-3)24(17)34-4)23-18-10-7-8-12-20(18)28-25(23)27(30,2)26(29)32/h7-13,19,28H,5-6,14-16H2,1-4H3/t19-,27+/m1/s1. The van der Waals surface area contributed by atoms with Crippen molar-refractivity contribution in [3.05, 3.63) is 59.3 Å². The van der Waals surface area contributed by atoms with E-state index in [0.717, 1.165) is 40.6 Å². The van der Waals surface area contributed by atoms with E-state index < -0.39 is 5.54 Å². The summed E-state index contributed by atoms with van der Waals surface area (Å²) in [5, 5.41) is 1.05. The Morgan fingerprint density at radius 1 is 1.09 bits per heavy atom. The number of aromatic amines is 1. The molecule has 5 rings (SSSR count). The second-order valence-corrected chi connectivity index (χ2v) is 9.25. The summed E-state index contributed by atoms with van der Waals surface area (Å²) in [6, 6.07) is 13.9. The van der Waals surface area contributed by atoms with E-state index >= 15 is 0 Å². The first-order valence-corrected chi connectivity index (χ1v) is 11.9. The van der Waals surface area contributed by atoms with Crippen LogP contribution in [0, 0.1) is 0 Å². The van der Waals surface area contributed by atoms with Gasteiger partial charge in [-0.15, -0.1) is 0 Å². The van der Waals surface area contributed by atoms with Crippen LogP contribution in [0.15, 0.2) is 42.5 Å². The number of H-pyrrole nitrogens is 1. The lowest BCUT2D eigenvalue weighted by molar-refractivity contribution is -0.166. The van der Waals surface area contributed by atoms with Gasteiger partial charge in [0.15, 0.2) is 17.0 Å². The molecule has 1 N–H and O–H groups in total. The lowest BCUT2D eigenvalue weighted by atomic mass is 9.76. The number of unbranched alkanes of at least 4 members (excludes halogenated alkanes) is 1. The molecule has 7 nitrogen and oxygen atoms in total. The van der Waals surface area contributed by atoms with Gasteiger partial charge in [-0.05, 0) is 31.0 Å². The third kappa shape index (κ3) is 3.10. The first-order chi connectivity index (χ1) is 16.4. The predicted octanol–water partition coefficient (Wildman–Crippen LogP) is 4.02. The molecule has 2 aliphatic heterocycles. The molecule has 0 bridgehead atoms. The molecule has 1 fully saturated rings. The van der Waals surface area contributed by atoms with Crippen LogP contribution in [0.4, 0.5) is 0 Å². The van der Waals surface area contributed by atoms with E-state index in [0.29, 0.717) is 24.6 Å². The van der Waals surface area contributed by atoms with E-state index in [9.17, 15) is 9.59 Å². The van der Waals surface area contributed by atoms with Gasteiger partial charge >= 0.3 is 0 Å². The van der Waals surface area contributed by atoms with Gasteiger partial charge in [-0.2, -0.15) is 0 Å². The van der Waals surface area contributed by atoms with Crippen molar-refractivity contribution < 1.29 is 19.1 Å². The maximum atomic E-state index is 13.9. The number of aromatic nitrogens is 1. The second kappa shape index (κ2) is 8.38. The summed E-state index contributed by atoms with van der Waals surface area (Å²) in [6.45, 7) is 5.07. The Bertz CT molecular complexity index is 1270. The van der Waals surface area contributed by atoms with Crippen LogP contribution in [-0.2, 0) is 15.1 Å². The van der Waals surface area contributed by atoms with Crippen molar-refractivity contribution in [2.24, 2.45) is 0 Å². The molecule has 0 unspecified atom stereocenters. The van der Waals surface area contributed by atoms with E-state index in [1.165, 1.54) is 0 Å². The third-order valence-corrected chi connectivity index (χ3v) is 7.41. The second-order valence-electron chi connectivity index (χ2n) is 9.25. The van der Waals surface area contributed by atoms with Gasteiger partial charge in [-0.1, -0.05) is 43.7 Å². The summed E-state index contributed by atoms with van der Waals surface area (Å²) in [5.41, 5.74) is 2.63. The Hall–Kier alpha value is -3.48. The molecular formula is C27H31N3O4. The monoisotopic (exact) mass is 461 g/mol. The van der Waals surface area contributed by atoms with E-state index in [4.69, 9.17) is 9.47 Å². The first-order valence-electron chi connectivity index (χ1n) is 11.9. The van der Waals surface area contributed by atoms with Crippen molar-refractivity contribution in [3.63, 3.8) is 0 Å². The zero-order chi connectivity index (χ0) is 24.0. The summed E-state index contributed by atoms with van der Waals surface area (Å²) in [6.07, 6.45) is 1.84. The molecule has 34 heavy (non-hydrogen) atoms. The van der Waals surface area contributed by atoms with Crippen LogP contribution in [0.3, 0.4) is 0 Å². The number of para-hydroxylation sites is 2. The van der Waals surface area contributed by atoms with Gasteiger partial charge in [0.25, 0.3) is 5.91 Å². The molecule has 1 saturated heterocycles. The number of hydrogen-bond donors (Lipinski definition) is 1. The molecular weight excluding hydrogens is 430 g/mol. The minimum atomic E-state index is -1.08. The van der Waals surface area contributed by atoms with Gasteiger partial charge in [0.2, 0.25) is 5.91 Å². The fourth-order valence-corrected chi connectivity index (χ4v) is 5.67. The number of rotatable bonds is 6. The molecule has 178 valence electrons. The molecule has 2 atom stereocenters. The zero-order valence-corrected chi connectivity index (χ0v) is 20.2. The number of carbonyl (C=O) groups is 2. The predicted molar refractivity (Wildman–Crippen MR) is 130 cm³/mol. The third-order valence-electron chi connectivity index (χ3n) is 7.41. The topological polar surface area (TPSA) is 74.9 Å². The summed E-state index contributed by atoms with van der Waals surface area (Å²) in [5.74, 6) is 1.05. The average molecular weight is 462 g/mol. The van der Waals surface area contributed by atoms with Crippen molar-refractivity contribution in [2.75, 3.05) is 33.9 Å². The molecule has 0 saturated carbocycles. The molecule has 7 heteroatoms. The Kier molecular flexibility index (Phi) is 5.50. The number of piperazine rings is 1. The van der Waals surface area contributed by atoms with Crippen molar-refractivity contribution in [2.45, 2.75) is 38.1 Å². The van der Waals surface area contributed by atoms with Crippen LogP contribution < -0.4 is 9.47 Å². The van der Waals surface area contributed by atoms with E-state index in [1.807, 2.05) is 43.3 Å². The highest BCUT2D eigenvalue weighted by atomic mass is 16.5. The number of fused-ring (bicyclic) bond motifs is 5. The summed E-state index contributed by atoms with van der Waals surface area (Å²) < 4.78 is 11.3. The van der Waals surface area contributed by atoms with Crippen molar-refractivity contribution >= 4 is 22.7 Å². The number of benzene rings is 2. The lowest BCUT2D eigenvalue weighted by Crippen LogP contribution is -2.67. The molecule has 0 radical (unpaired) electrons.